The first-order valence-electron chi connectivity index (χ1n) is 5.22. The molecule has 1 heterocycles. The Kier molecular flexibility index (Phi) is 3.23. The summed E-state index contributed by atoms with van der Waals surface area (Å²) in [6.45, 7) is 0. The first-order valence-corrected chi connectivity index (χ1v) is 5.22. The molecule has 0 unspecified atom stereocenters. The second-order valence-electron chi connectivity index (χ2n) is 3.58. The molecule has 2 rings (SSSR count). The van der Waals surface area contributed by atoms with Gasteiger partial charge >= 0.3 is 0 Å². The van der Waals surface area contributed by atoms with Crippen LogP contribution in [0.5, 0.6) is 11.5 Å². The molecule has 0 aliphatic carbocycles. The fraction of sp³-hybridized carbons (Fsp3) is 0.182. The van der Waals surface area contributed by atoms with Gasteiger partial charge in [-0.2, -0.15) is 4.98 Å². The van der Waals surface area contributed by atoms with Gasteiger partial charge in [-0.3, -0.25) is 4.79 Å². The molecule has 0 fully saturated rings. The monoisotopic (exact) mass is 264 g/mol. The third-order valence-electron chi connectivity index (χ3n) is 2.43. The van der Waals surface area contributed by atoms with Crippen molar-refractivity contribution < 1.29 is 18.8 Å². The number of ether oxygens (including phenoxy) is 2. The quantitative estimate of drug-likeness (QED) is 0.767. The summed E-state index contributed by atoms with van der Waals surface area (Å²) in [5.74, 6) is -0.00518. The summed E-state index contributed by atoms with van der Waals surface area (Å²) in [5.41, 5.74) is 11.7. The molecule has 0 aliphatic heterocycles. The van der Waals surface area contributed by atoms with E-state index in [0.717, 1.165) is 0 Å². The standard InChI is InChI=1S/C11H12N4O4/c1-17-7-3-5(6(12)4-8(7)18-2)11-14-10(9(13)16)15-19-11/h3-4H,12H2,1-2H3,(H2,13,16). The summed E-state index contributed by atoms with van der Waals surface area (Å²) in [4.78, 5) is 14.8. The molecule has 8 heteroatoms. The number of nitrogens with zero attached hydrogens (tertiary/aromatic N) is 2. The SMILES string of the molecule is COc1cc(N)c(-c2nc(C(N)=O)no2)cc1OC. The number of nitrogen functional groups attached to an aromatic ring is 1. The number of methoxy groups -OCH3 is 2. The molecule has 2 aromatic rings. The van der Waals surface area contributed by atoms with E-state index in [9.17, 15) is 4.79 Å². The van der Waals surface area contributed by atoms with Crippen LogP contribution >= 0.6 is 0 Å². The van der Waals surface area contributed by atoms with Crippen LogP contribution in [0, 0.1) is 0 Å². The second kappa shape index (κ2) is 4.84. The van der Waals surface area contributed by atoms with E-state index in [1.54, 1.807) is 12.1 Å². The molecule has 1 aromatic carbocycles. The van der Waals surface area contributed by atoms with Crippen molar-refractivity contribution in [1.82, 2.24) is 10.1 Å². The van der Waals surface area contributed by atoms with Crippen LogP contribution in [0.3, 0.4) is 0 Å². The normalized spacial score (nSPS) is 10.2. The Hall–Kier alpha value is -2.77. The number of hydrogen-bond acceptors (Lipinski definition) is 7. The minimum Gasteiger partial charge on any atom is -0.493 e. The third-order valence-corrected chi connectivity index (χ3v) is 2.43. The number of carbonyl (C=O) groups excluding carboxylic acids is 1. The molecule has 0 aliphatic rings. The van der Waals surface area contributed by atoms with Crippen molar-refractivity contribution in [3.63, 3.8) is 0 Å². The molecule has 4 N–H and O–H groups in total. The average molecular weight is 264 g/mol. The van der Waals surface area contributed by atoms with E-state index >= 15 is 0 Å². The van der Waals surface area contributed by atoms with Crippen molar-refractivity contribution in [3.05, 3.63) is 18.0 Å². The number of nitrogens with two attached hydrogens (primary N) is 2. The molecule has 0 atom stereocenters. The van der Waals surface area contributed by atoms with Gasteiger partial charge in [-0.15, -0.1) is 0 Å². The minimum atomic E-state index is -0.783. The fourth-order valence-electron chi connectivity index (χ4n) is 1.51. The molecule has 1 amide bonds. The van der Waals surface area contributed by atoms with E-state index in [4.69, 9.17) is 25.5 Å². The number of aromatic nitrogens is 2. The number of carbonyl (C=O) groups is 1. The van der Waals surface area contributed by atoms with Gasteiger partial charge in [-0.1, -0.05) is 5.16 Å². The molecular formula is C11H12N4O4. The molecule has 8 nitrogen and oxygen atoms in total. The molecule has 1 aromatic heterocycles. The van der Waals surface area contributed by atoms with E-state index in [-0.39, 0.29) is 11.7 Å². The highest BCUT2D eigenvalue weighted by Gasteiger charge is 2.17. The average Bonchev–Trinajstić information content (AvgIpc) is 2.87. The number of amides is 1. The van der Waals surface area contributed by atoms with E-state index in [0.29, 0.717) is 22.7 Å². The van der Waals surface area contributed by atoms with Gasteiger partial charge < -0.3 is 25.5 Å². The van der Waals surface area contributed by atoms with Crippen molar-refractivity contribution in [3.8, 4) is 23.0 Å². The lowest BCUT2D eigenvalue weighted by Crippen LogP contribution is -2.12. The largest absolute Gasteiger partial charge is 0.493 e. The maximum absolute atomic E-state index is 10.9. The Morgan fingerprint density at radius 1 is 1.26 bits per heavy atom. The molecule has 0 saturated heterocycles. The summed E-state index contributed by atoms with van der Waals surface area (Å²) >= 11 is 0. The zero-order valence-corrected chi connectivity index (χ0v) is 10.3. The van der Waals surface area contributed by atoms with Gasteiger partial charge in [-0.05, 0) is 6.07 Å². The highest BCUT2D eigenvalue weighted by molar-refractivity contribution is 5.89. The van der Waals surface area contributed by atoms with Crippen molar-refractivity contribution in [2.75, 3.05) is 20.0 Å². The number of anilines is 1. The highest BCUT2D eigenvalue weighted by atomic mass is 16.5. The molecule has 19 heavy (non-hydrogen) atoms. The van der Waals surface area contributed by atoms with Crippen LogP contribution in [0.4, 0.5) is 5.69 Å². The van der Waals surface area contributed by atoms with Crippen molar-refractivity contribution >= 4 is 11.6 Å². The third kappa shape index (κ3) is 2.28. The maximum Gasteiger partial charge on any atom is 0.290 e. The van der Waals surface area contributed by atoms with Gasteiger partial charge in [0.05, 0.1) is 19.8 Å². The fourth-order valence-corrected chi connectivity index (χ4v) is 1.51. The zero-order chi connectivity index (χ0) is 14.0. The lowest BCUT2D eigenvalue weighted by molar-refractivity contribution is 0.0987. The van der Waals surface area contributed by atoms with Crippen molar-refractivity contribution in [1.29, 1.82) is 0 Å². The first-order chi connectivity index (χ1) is 9.06. The predicted molar refractivity (Wildman–Crippen MR) is 65.8 cm³/mol. The first kappa shape index (κ1) is 12.7. The van der Waals surface area contributed by atoms with Gasteiger partial charge in [0.15, 0.2) is 11.5 Å². The molecule has 0 radical (unpaired) electrons. The Labute approximate surface area is 108 Å². The number of benzene rings is 1. The van der Waals surface area contributed by atoms with Crippen molar-refractivity contribution in [2.45, 2.75) is 0 Å². The molecule has 0 bridgehead atoms. The number of rotatable bonds is 4. The molecular weight excluding hydrogens is 252 g/mol. The second-order valence-corrected chi connectivity index (χ2v) is 3.58. The van der Waals surface area contributed by atoms with Crippen LogP contribution in [-0.2, 0) is 0 Å². The zero-order valence-electron chi connectivity index (χ0n) is 10.3. The Balaban J connectivity index is 2.51. The molecule has 100 valence electrons. The summed E-state index contributed by atoms with van der Waals surface area (Å²) in [6.07, 6.45) is 0. The van der Waals surface area contributed by atoms with Crippen LogP contribution in [0.15, 0.2) is 16.7 Å². The van der Waals surface area contributed by atoms with Crippen LogP contribution in [0.2, 0.25) is 0 Å². The number of hydrogen-bond donors (Lipinski definition) is 2. The molecule has 0 saturated carbocycles. The van der Waals surface area contributed by atoms with E-state index in [1.807, 2.05) is 0 Å². The summed E-state index contributed by atoms with van der Waals surface area (Å²) in [5, 5.41) is 3.44. The lowest BCUT2D eigenvalue weighted by atomic mass is 10.1. The van der Waals surface area contributed by atoms with Crippen molar-refractivity contribution in [2.24, 2.45) is 5.73 Å². The van der Waals surface area contributed by atoms with Gasteiger partial charge in [0.25, 0.3) is 17.6 Å². The minimum absolute atomic E-state index is 0.0762. The van der Waals surface area contributed by atoms with Gasteiger partial charge in [0.2, 0.25) is 0 Å². The number of primary amides is 1. The van der Waals surface area contributed by atoms with Crippen LogP contribution in [-0.4, -0.2) is 30.3 Å². The summed E-state index contributed by atoms with van der Waals surface area (Å²) < 4.78 is 15.2. The Bertz CT molecular complexity index is 623. The molecule has 0 spiro atoms. The van der Waals surface area contributed by atoms with Crippen LogP contribution in [0.25, 0.3) is 11.5 Å². The van der Waals surface area contributed by atoms with E-state index < -0.39 is 5.91 Å². The highest BCUT2D eigenvalue weighted by Crippen LogP contribution is 2.36. The van der Waals surface area contributed by atoms with E-state index in [1.165, 1.54) is 14.2 Å². The summed E-state index contributed by atoms with van der Waals surface area (Å²) in [6, 6.07) is 3.13. The summed E-state index contributed by atoms with van der Waals surface area (Å²) in [7, 11) is 2.98. The topological polar surface area (TPSA) is 126 Å². The van der Waals surface area contributed by atoms with Gasteiger partial charge in [-0.25, -0.2) is 0 Å². The Morgan fingerprint density at radius 2 is 1.89 bits per heavy atom. The van der Waals surface area contributed by atoms with Gasteiger partial charge in [0, 0.05) is 11.8 Å². The smallest absolute Gasteiger partial charge is 0.290 e. The van der Waals surface area contributed by atoms with Gasteiger partial charge in [0.1, 0.15) is 0 Å². The van der Waals surface area contributed by atoms with Crippen LogP contribution < -0.4 is 20.9 Å². The lowest BCUT2D eigenvalue weighted by Gasteiger charge is -2.10. The maximum atomic E-state index is 10.9. The Morgan fingerprint density at radius 3 is 2.42 bits per heavy atom. The van der Waals surface area contributed by atoms with Crippen LogP contribution in [0.1, 0.15) is 10.6 Å². The van der Waals surface area contributed by atoms with E-state index in [2.05, 4.69) is 10.1 Å². The predicted octanol–water partition coefficient (Wildman–Crippen LogP) is 0.435.